The molecular formula is C12H12O2S. The highest BCUT2D eigenvalue weighted by atomic mass is 32.1. The molecule has 0 radical (unpaired) electrons. The molecule has 1 aromatic rings. The van der Waals surface area contributed by atoms with Gasteiger partial charge >= 0.3 is 0 Å². The molecular weight excluding hydrogens is 208 g/mol. The van der Waals surface area contributed by atoms with Gasteiger partial charge in [-0.25, -0.2) is 0 Å². The molecule has 1 fully saturated rings. The highest BCUT2D eigenvalue weighted by molar-refractivity contribution is 7.10. The Bertz CT molecular complexity index is 397. The van der Waals surface area contributed by atoms with Crippen molar-refractivity contribution in [3.05, 3.63) is 40.3 Å². The lowest BCUT2D eigenvalue weighted by Gasteiger charge is -2.20. The predicted molar refractivity (Wildman–Crippen MR) is 60.4 cm³/mol. The van der Waals surface area contributed by atoms with E-state index in [1.54, 1.807) is 11.3 Å². The van der Waals surface area contributed by atoms with E-state index in [4.69, 9.17) is 9.47 Å². The Labute approximate surface area is 92.8 Å². The zero-order valence-electron chi connectivity index (χ0n) is 8.31. The topological polar surface area (TPSA) is 18.5 Å². The average molecular weight is 220 g/mol. The van der Waals surface area contributed by atoms with E-state index in [2.05, 4.69) is 17.5 Å². The Balaban J connectivity index is 1.79. The lowest BCUT2D eigenvalue weighted by Crippen LogP contribution is -2.24. The van der Waals surface area contributed by atoms with Crippen molar-refractivity contribution in [1.29, 1.82) is 0 Å². The molecule has 0 aliphatic carbocycles. The van der Waals surface area contributed by atoms with E-state index in [-0.39, 0.29) is 0 Å². The Morgan fingerprint density at radius 2 is 2.47 bits per heavy atom. The van der Waals surface area contributed by atoms with E-state index in [0.717, 1.165) is 25.2 Å². The van der Waals surface area contributed by atoms with Crippen molar-refractivity contribution in [1.82, 2.24) is 0 Å². The summed E-state index contributed by atoms with van der Waals surface area (Å²) in [6.45, 7) is 0.802. The molecule has 1 atom stereocenters. The Kier molecular flexibility index (Phi) is 2.15. The van der Waals surface area contributed by atoms with Crippen molar-refractivity contribution >= 4 is 17.4 Å². The van der Waals surface area contributed by atoms with Gasteiger partial charge in [0.25, 0.3) is 0 Å². The molecule has 3 heterocycles. The second-order valence-corrected chi connectivity index (χ2v) is 4.74. The van der Waals surface area contributed by atoms with E-state index >= 15 is 0 Å². The van der Waals surface area contributed by atoms with E-state index in [0.29, 0.717) is 0 Å². The number of ether oxygens (including phenoxy) is 2. The first-order valence-electron chi connectivity index (χ1n) is 5.14. The van der Waals surface area contributed by atoms with Crippen molar-refractivity contribution < 1.29 is 9.47 Å². The summed E-state index contributed by atoms with van der Waals surface area (Å²) in [6.07, 6.45) is 8.13. The van der Waals surface area contributed by atoms with Crippen LogP contribution >= 0.6 is 11.3 Å². The van der Waals surface area contributed by atoms with Crippen LogP contribution in [0.25, 0.3) is 6.08 Å². The van der Waals surface area contributed by atoms with Crippen molar-refractivity contribution in [2.75, 3.05) is 6.61 Å². The largest absolute Gasteiger partial charge is 0.459 e. The molecule has 78 valence electrons. The maximum absolute atomic E-state index is 5.82. The standard InChI is InChI=1S/C12H12O2S/c1-3-11(15-8-1)9-10-4-6-12(14-10)5-2-7-13-12/h1,3-4,6,8-9H,2,5,7H2/t12-/m1/s1. The first-order chi connectivity index (χ1) is 7.36. The van der Waals surface area contributed by atoms with Gasteiger partial charge in [0.2, 0.25) is 5.79 Å². The van der Waals surface area contributed by atoms with Gasteiger partial charge in [0, 0.05) is 11.3 Å². The van der Waals surface area contributed by atoms with Crippen molar-refractivity contribution in [3.8, 4) is 0 Å². The van der Waals surface area contributed by atoms with E-state index in [1.807, 2.05) is 18.2 Å². The quantitative estimate of drug-likeness (QED) is 0.723. The summed E-state index contributed by atoms with van der Waals surface area (Å²) >= 11 is 1.71. The van der Waals surface area contributed by atoms with Crippen LogP contribution < -0.4 is 0 Å². The van der Waals surface area contributed by atoms with Gasteiger partial charge < -0.3 is 9.47 Å². The maximum Gasteiger partial charge on any atom is 0.230 e. The van der Waals surface area contributed by atoms with E-state index in [1.165, 1.54) is 4.88 Å². The van der Waals surface area contributed by atoms with Gasteiger partial charge in [-0.15, -0.1) is 11.3 Å². The highest BCUT2D eigenvalue weighted by Gasteiger charge is 2.38. The summed E-state index contributed by atoms with van der Waals surface area (Å²) in [7, 11) is 0. The van der Waals surface area contributed by atoms with Gasteiger partial charge in [-0.05, 0) is 36.1 Å². The van der Waals surface area contributed by atoms with Crippen molar-refractivity contribution in [2.24, 2.45) is 0 Å². The molecule has 0 saturated carbocycles. The molecule has 1 saturated heterocycles. The van der Waals surface area contributed by atoms with Gasteiger partial charge in [-0.2, -0.15) is 0 Å². The molecule has 1 spiro atoms. The van der Waals surface area contributed by atoms with Crippen molar-refractivity contribution in [2.45, 2.75) is 18.6 Å². The van der Waals surface area contributed by atoms with Crippen LogP contribution in [0.15, 0.2) is 35.4 Å². The first kappa shape index (κ1) is 9.19. The minimum atomic E-state index is -0.441. The van der Waals surface area contributed by atoms with Gasteiger partial charge in [-0.3, -0.25) is 0 Å². The molecule has 0 unspecified atom stereocenters. The molecule has 3 heteroatoms. The Hall–Kier alpha value is -1.06. The first-order valence-corrected chi connectivity index (χ1v) is 6.02. The van der Waals surface area contributed by atoms with Gasteiger partial charge in [0.15, 0.2) is 0 Å². The van der Waals surface area contributed by atoms with Gasteiger partial charge in [-0.1, -0.05) is 6.07 Å². The zero-order chi connectivity index (χ0) is 10.1. The lowest BCUT2D eigenvalue weighted by molar-refractivity contribution is -0.135. The fraction of sp³-hybridized carbons (Fsp3) is 0.333. The van der Waals surface area contributed by atoms with Crippen LogP contribution in [0.2, 0.25) is 0 Å². The number of hydrogen-bond donors (Lipinski definition) is 0. The SMILES string of the molecule is C1=C[C@@]2(CCCO2)OC1=Cc1cccs1. The van der Waals surface area contributed by atoms with E-state index in [9.17, 15) is 0 Å². The second-order valence-electron chi connectivity index (χ2n) is 3.76. The number of allylic oxidation sites excluding steroid dienone is 1. The maximum atomic E-state index is 5.82. The molecule has 0 N–H and O–H groups in total. The third kappa shape index (κ3) is 1.73. The fourth-order valence-electron chi connectivity index (χ4n) is 1.92. The summed E-state index contributed by atoms with van der Waals surface area (Å²) in [5.41, 5.74) is 0. The minimum absolute atomic E-state index is 0.441. The monoisotopic (exact) mass is 220 g/mol. The van der Waals surface area contributed by atoms with Crippen LogP contribution in [0.4, 0.5) is 0 Å². The normalized spacial score (nSPS) is 31.6. The summed E-state index contributed by atoms with van der Waals surface area (Å²) in [5.74, 6) is 0.461. The molecule has 2 aliphatic rings. The third-order valence-corrected chi connectivity index (χ3v) is 3.46. The second kappa shape index (κ2) is 3.51. The van der Waals surface area contributed by atoms with Gasteiger partial charge in [0.1, 0.15) is 5.76 Å². The molecule has 0 bridgehead atoms. The number of thiophene rings is 1. The van der Waals surface area contributed by atoms with Crippen LogP contribution in [-0.2, 0) is 9.47 Å². The molecule has 15 heavy (non-hydrogen) atoms. The predicted octanol–water partition coefficient (Wildman–Crippen LogP) is 3.18. The van der Waals surface area contributed by atoms with Gasteiger partial charge in [0.05, 0.1) is 6.61 Å². The molecule has 0 amide bonds. The zero-order valence-corrected chi connectivity index (χ0v) is 9.13. The number of hydrogen-bond acceptors (Lipinski definition) is 3. The van der Waals surface area contributed by atoms with Crippen LogP contribution in [-0.4, -0.2) is 12.4 Å². The molecule has 0 aromatic carbocycles. The Morgan fingerprint density at radius 1 is 1.47 bits per heavy atom. The summed E-state index contributed by atoms with van der Waals surface area (Å²) in [6, 6.07) is 4.12. The van der Waals surface area contributed by atoms with E-state index < -0.39 is 5.79 Å². The molecule has 2 nitrogen and oxygen atoms in total. The fourth-order valence-corrected chi connectivity index (χ4v) is 2.57. The lowest BCUT2D eigenvalue weighted by atomic mass is 10.2. The summed E-state index contributed by atoms with van der Waals surface area (Å²) in [5, 5.41) is 2.06. The molecule has 1 aromatic heterocycles. The number of rotatable bonds is 1. The smallest absolute Gasteiger partial charge is 0.230 e. The summed E-state index contributed by atoms with van der Waals surface area (Å²) < 4.78 is 11.4. The molecule has 2 aliphatic heterocycles. The van der Waals surface area contributed by atoms with Crippen LogP contribution in [0, 0.1) is 0 Å². The van der Waals surface area contributed by atoms with Crippen LogP contribution in [0.5, 0.6) is 0 Å². The third-order valence-electron chi connectivity index (χ3n) is 2.64. The molecule has 3 rings (SSSR count). The summed E-state index contributed by atoms with van der Waals surface area (Å²) in [4.78, 5) is 1.21. The van der Waals surface area contributed by atoms with Crippen LogP contribution in [0.1, 0.15) is 17.7 Å². The van der Waals surface area contributed by atoms with Crippen LogP contribution in [0.3, 0.4) is 0 Å². The Morgan fingerprint density at radius 3 is 3.20 bits per heavy atom. The highest BCUT2D eigenvalue weighted by Crippen LogP contribution is 2.36. The minimum Gasteiger partial charge on any atom is -0.459 e. The van der Waals surface area contributed by atoms with Crippen molar-refractivity contribution in [3.63, 3.8) is 0 Å². The average Bonchev–Trinajstić information content (AvgIpc) is 2.92.